The Morgan fingerprint density at radius 2 is 2.12 bits per heavy atom. The molecule has 26 heavy (non-hydrogen) atoms. The number of nitrogens with one attached hydrogen (secondary N) is 3. The standard InChI is InChI=1S/C15H23N5O4.C2H6/c1-4-24-15(22)19-20(2)10-6-9-12-7-5-8-13(17-12)11-16-18-14(21)23-3;1-2/h5-9,11-12,17H,4,10H2,1-3H3,(H,18,21)(H,19,22);1-2H3/b9-6+,16-11+;. The molecule has 9 nitrogen and oxygen atoms in total. The van der Waals surface area contributed by atoms with Crippen molar-refractivity contribution in [2.75, 3.05) is 27.3 Å². The number of nitrogens with zero attached hydrogens (tertiary/aromatic N) is 2. The summed E-state index contributed by atoms with van der Waals surface area (Å²) < 4.78 is 9.19. The summed E-state index contributed by atoms with van der Waals surface area (Å²) in [5, 5.41) is 8.56. The summed E-state index contributed by atoms with van der Waals surface area (Å²) >= 11 is 0. The zero-order valence-corrected chi connectivity index (χ0v) is 16.0. The SMILES string of the molecule is CC.CCOC(=O)NN(C)C/C=C/C1C=CC=C(/C=N/NC(=O)OC)N1. The molecule has 1 rings (SSSR count). The van der Waals surface area contributed by atoms with Gasteiger partial charge in [0.15, 0.2) is 0 Å². The highest BCUT2D eigenvalue weighted by Gasteiger charge is 2.06. The van der Waals surface area contributed by atoms with Gasteiger partial charge >= 0.3 is 12.2 Å². The largest absolute Gasteiger partial charge is 0.452 e. The molecular weight excluding hydrogens is 338 g/mol. The van der Waals surface area contributed by atoms with E-state index in [4.69, 9.17) is 4.74 Å². The molecular formula is C17H29N5O4. The second kappa shape index (κ2) is 14.5. The molecule has 0 aromatic carbocycles. The third-order valence-corrected chi connectivity index (χ3v) is 2.75. The van der Waals surface area contributed by atoms with Crippen LogP contribution in [0.4, 0.5) is 9.59 Å². The molecule has 0 saturated heterocycles. The minimum atomic E-state index is -0.633. The normalized spacial score (nSPS) is 15.8. The van der Waals surface area contributed by atoms with Gasteiger partial charge in [0.05, 0.1) is 31.7 Å². The van der Waals surface area contributed by atoms with E-state index in [1.807, 2.05) is 44.2 Å². The van der Waals surface area contributed by atoms with E-state index >= 15 is 0 Å². The van der Waals surface area contributed by atoms with Crippen molar-refractivity contribution in [2.24, 2.45) is 5.10 Å². The maximum Gasteiger partial charge on any atom is 0.427 e. The first kappa shape index (κ1) is 23.2. The van der Waals surface area contributed by atoms with Crippen LogP contribution in [0.5, 0.6) is 0 Å². The fraction of sp³-hybridized carbons (Fsp3) is 0.471. The van der Waals surface area contributed by atoms with E-state index in [-0.39, 0.29) is 6.04 Å². The number of amides is 2. The number of hydrazine groups is 1. The van der Waals surface area contributed by atoms with Crippen molar-refractivity contribution in [1.82, 2.24) is 21.2 Å². The first-order valence-electron chi connectivity index (χ1n) is 8.38. The van der Waals surface area contributed by atoms with Crippen LogP contribution in [-0.4, -0.2) is 56.8 Å². The van der Waals surface area contributed by atoms with Crippen LogP contribution < -0.4 is 16.2 Å². The number of methoxy groups -OCH3 is 1. The highest BCUT2D eigenvalue weighted by Crippen LogP contribution is 2.02. The van der Waals surface area contributed by atoms with Gasteiger partial charge in [0.2, 0.25) is 0 Å². The molecule has 146 valence electrons. The Morgan fingerprint density at radius 3 is 2.77 bits per heavy atom. The Hall–Kier alpha value is -2.81. The van der Waals surface area contributed by atoms with Gasteiger partial charge in [-0.25, -0.2) is 20.0 Å². The number of ether oxygens (including phenoxy) is 2. The number of dihydropyridines is 1. The number of carbonyl (C=O) groups is 2. The van der Waals surface area contributed by atoms with E-state index in [9.17, 15) is 9.59 Å². The Morgan fingerprint density at radius 1 is 1.38 bits per heavy atom. The number of likely N-dealkylation sites (N-methyl/N-ethyl adjacent to an activating group) is 1. The number of hydrogen-bond donors (Lipinski definition) is 3. The summed E-state index contributed by atoms with van der Waals surface area (Å²) in [5.74, 6) is 0. The number of carbonyl (C=O) groups excluding carboxylic acids is 2. The van der Waals surface area contributed by atoms with E-state index in [2.05, 4.69) is 26.0 Å². The molecule has 3 N–H and O–H groups in total. The van der Waals surface area contributed by atoms with Crippen molar-refractivity contribution in [3.05, 3.63) is 36.1 Å². The lowest BCUT2D eigenvalue weighted by Gasteiger charge is -2.18. The van der Waals surface area contributed by atoms with E-state index in [0.717, 1.165) is 5.70 Å². The lowest BCUT2D eigenvalue weighted by Crippen LogP contribution is -2.39. The van der Waals surface area contributed by atoms with Crippen LogP contribution in [0.3, 0.4) is 0 Å². The van der Waals surface area contributed by atoms with Gasteiger partial charge in [-0.15, -0.1) is 0 Å². The van der Waals surface area contributed by atoms with Crippen LogP contribution in [0.15, 0.2) is 41.2 Å². The zero-order chi connectivity index (χ0) is 19.8. The number of rotatable bonds is 7. The Kier molecular flexibility index (Phi) is 13.0. The number of hydrazone groups is 1. The number of hydrogen-bond acceptors (Lipinski definition) is 7. The molecule has 9 heteroatoms. The second-order valence-electron chi connectivity index (χ2n) is 4.68. The van der Waals surface area contributed by atoms with Gasteiger partial charge in [-0.3, -0.25) is 5.43 Å². The lowest BCUT2D eigenvalue weighted by atomic mass is 10.1. The molecule has 0 spiro atoms. The van der Waals surface area contributed by atoms with Crippen LogP contribution in [0.25, 0.3) is 0 Å². The molecule has 1 heterocycles. The summed E-state index contributed by atoms with van der Waals surface area (Å²) in [4.78, 5) is 22.1. The topological polar surface area (TPSA) is 104 Å². The quantitative estimate of drug-likeness (QED) is 0.361. The van der Waals surface area contributed by atoms with Gasteiger partial charge < -0.3 is 14.8 Å². The van der Waals surface area contributed by atoms with E-state index in [1.54, 1.807) is 19.0 Å². The molecule has 0 aromatic rings. The van der Waals surface area contributed by atoms with Crippen LogP contribution in [-0.2, 0) is 9.47 Å². The molecule has 0 saturated carbocycles. The zero-order valence-electron chi connectivity index (χ0n) is 16.0. The van der Waals surface area contributed by atoms with Gasteiger partial charge in [0, 0.05) is 13.6 Å². The maximum absolute atomic E-state index is 11.2. The monoisotopic (exact) mass is 367 g/mol. The van der Waals surface area contributed by atoms with Crippen molar-refractivity contribution < 1.29 is 19.1 Å². The van der Waals surface area contributed by atoms with E-state index < -0.39 is 12.2 Å². The third kappa shape index (κ3) is 10.9. The molecule has 1 aliphatic rings. The Balaban J connectivity index is 0.00000301. The number of allylic oxidation sites excluding steroid dienone is 3. The summed E-state index contributed by atoms with van der Waals surface area (Å²) in [6.07, 6.45) is 9.87. The van der Waals surface area contributed by atoms with Gasteiger partial charge in [-0.2, -0.15) is 5.10 Å². The summed E-state index contributed by atoms with van der Waals surface area (Å²) in [6.45, 7) is 6.59. The molecule has 1 aliphatic heterocycles. The first-order chi connectivity index (χ1) is 12.5. The fourth-order valence-electron chi connectivity index (χ4n) is 1.69. The van der Waals surface area contributed by atoms with Crippen molar-refractivity contribution >= 4 is 18.4 Å². The van der Waals surface area contributed by atoms with Gasteiger partial charge in [0.1, 0.15) is 0 Å². The van der Waals surface area contributed by atoms with Crippen molar-refractivity contribution in [3.63, 3.8) is 0 Å². The summed E-state index contributed by atoms with van der Waals surface area (Å²) in [5.41, 5.74) is 5.51. The van der Waals surface area contributed by atoms with Crippen molar-refractivity contribution in [2.45, 2.75) is 26.8 Å². The molecule has 0 aromatic heterocycles. The van der Waals surface area contributed by atoms with E-state index in [0.29, 0.717) is 13.2 Å². The molecule has 0 radical (unpaired) electrons. The molecule has 2 amide bonds. The van der Waals surface area contributed by atoms with Crippen molar-refractivity contribution in [1.29, 1.82) is 0 Å². The van der Waals surface area contributed by atoms with Crippen LogP contribution in [0.2, 0.25) is 0 Å². The average Bonchev–Trinajstić information content (AvgIpc) is 2.63. The average molecular weight is 367 g/mol. The third-order valence-electron chi connectivity index (χ3n) is 2.75. The Labute approximate surface area is 154 Å². The minimum absolute atomic E-state index is 0.0226. The lowest BCUT2D eigenvalue weighted by molar-refractivity contribution is 0.123. The summed E-state index contributed by atoms with van der Waals surface area (Å²) in [6, 6.07) is -0.0226. The first-order valence-corrected chi connectivity index (χ1v) is 8.38. The molecule has 0 fully saturated rings. The summed E-state index contributed by atoms with van der Waals surface area (Å²) in [7, 11) is 3.00. The molecule has 0 bridgehead atoms. The predicted molar refractivity (Wildman–Crippen MR) is 101 cm³/mol. The van der Waals surface area contributed by atoms with Gasteiger partial charge in [-0.05, 0) is 13.0 Å². The van der Waals surface area contributed by atoms with Crippen LogP contribution in [0.1, 0.15) is 20.8 Å². The highest BCUT2D eigenvalue weighted by atomic mass is 16.6. The Bertz CT molecular complexity index is 543. The van der Waals surface area contributed by atoms with Crippen LogP contribution in [0, 0.1) is 0 Å². The smallest absolute Gasteiger partial charge is 0.427 e. The molecule has 1 atom stereocenters. The van der Waals surface area contributed by atoms with E-state index in [1.165, 1.54) is 13.3 Å². The van der Waals surface area contributed by atoms with Gasteiger partial charge in [-0.1, -0.05) is 38.2 Å². The van der Waals surface area contributed by atoms with Crippen LogP contribution >= 0.6 is 0 Å². The highest BCUT2D eigenvalue weighted by molar-refractivity contribution is 5.80. The minimum Gasteiger partial charge on any atom is -0.452 e. The van der Waals surface area contributed by atoms with Gasteiger partial charge in [0.25, 0.3) is 0 Å². The van der Waals surface area contributed by atoms with Crippen molar-refractivity contribution in [3.8, 4) is 0 Å². The maximum atomic E-state index is 11.2. The molecule has 0 aliphatic carbocycles. The second-order valence-corrected chi connectivity index (χ2v) is 4.68. The molecule has 1 unspecified atom stereocenters. The fourth-order valence-corrected chi connectivity index (χ4v) is 1.69. The predicted octanol–water partition coefficient (Wildman–Crippen LogP) is 1.92.